The maximum absolute atomic E-state index is 4.85. The number of halogens is 1. The Bertz CT molecular complexity index is 947. The summed E-state index contributed by atoms with van der Waals surface area (Å²) in [5.41, 5.74) is 2.26. The van der Waals surface area contributed by atoms with Crippen LogP contribution in [0.1, 0.15) is 54.8 Å². The van der Waals surface area contributed by atoms with Crippen LogP contribution in [-0.4, -0.2) is 43.6 Å². The van der Waals surface area contributed by atoms with Gasteiger partial charge in [-0.15, -0.1) is 45.5 Å². The highest BCUT2D eigenvalue weighted by atomic mass is 127. The van der Waals surface area contributed by atoms with Crippen LogP contribution in [0.15, 0.2) is 34.9 Å². The van der Waals surface area contributed by atoms with Crippen molar-refractivity contribution in [1.29, 1.82) is 0 Å². The van der Waals surface area contributed by atoms with E-state index in [1.165, 1.54) is 10.6 Å². The first-order valence-corrected chi connectivity index (χ1v) is 11.9. The molecular formula is C22H35IN8S. The zero-order valence-electron chi connectivity index (χ0n) is 19.4. The summed E-state index contributed by atoms with van der Waals surface area (Å²) in [5, 5.41) is 21.9. The van der Waals surface area contributed by atoms with Gasteiger partial charge in [0.05, 0.1) is 11.7 Å². The first-order valence-electron chi connectivity index (χ1n) is 11.1. The van der Waals surface area contributed by atoms with E-state index in [0.29, 0.717) is 0 Å². The average molecular weight is 571 g/mol. The Morgan fingerprint density at radius 1 is 1.25 bits per heavy atom. The lowest BCUT2D eigenvalue weighted by Gasteiger charge is -2.20. The Kier molecular flexibility index (Phi) is 11.1. The molecule has 0 radical (unpaired) electrons. The average Bonchev–Trinajstić information content (AvgIpc) is 3.50. The fourth-order valence-electron chi connectivity index (χ4n) is 3.53. The van der Waals surface area contributed by atoms with Crippen LogP contribution in [-0.2, 0) is 19.5 Å². The molecule has 0 amide bonds. The van der Waals surface area contributed by atoms with Crippen molar-refractivity contribution in [1.82, 2.24) is 35.2 Å². The smallest absolute Gasteiger partial charge is 0.191 e. The van der Waals surface area contributed by atoms with Crippen LogP contribution < -0.4 is 10.6 Å². The molecule has 3 heterocycles. The van der Waals surface area contributed by atoms with Crippen LogP contribution in [0.5, 0.6) is 0 Å². The van der Waals surface area contributed by atoms with Gasteiger partial charge in [-0.1, -0.05) is 19.9 Å². The highest BCUT2D eigenvalue weighted by molar-refractivity contribution is 14.0. The zero-order chi connectivity index (χ0) is 22.1. The van der Waals surface area contributed by atoms with Crippen molar-refractivity contribution in [3.05, 3.63) is 52.0 Å². The van der Waals surface area contributed by atoms with Crippen LogP contribution in [0.3, 0.4) is 0 Å². The number of aromatic nitrogens is 5. The molecule has 0 spiro atoms. The second-order valence-electron chi connectivity index (χ2n) is 7.58. The van der Waals surface area contributed by atoms with Gasteiger partial charge in [-0.2, -0.15) is 5.10 Å². The maximum atomic E-state index is 4.85. The molecule has 0 aliphatic heterocycles. The summed E-state index contributed by atoms with van der Waals surface area (Å²) in [6.45, 7) is 11.6. The van der Waals surface area contributed by atoms with E-state index in [-0.39, 0.29) is 30.0 Å². The number of hydrogen-bond acceptors (Lipinski definition) is 5. The van der Waals surface area contributed by atoms with Gasteiger partial charge in [0, 0.05) is 43.2 Å². The summed E-state index contributed by atoms with van der Waals surface area (Å²) in [6, 6.07) is 6.64. The fraction of sp³-hybridized carbons (Fsp3) is 0.545. The van der Waals surface area contributed by atoms with Gasteiger partial charge in [0.1, 0.15) is 12.2 Å². The van der Waals surface area contributed by atoms with Gasteiger partial charge in [0.15, 0.2) is 5.96 Å². The van der Waals surface area contributed by atoms with E-state index in [9.17, 15) is 0 Å². The van der Waals surface area contributed by atoms with E-state index in [4.69, 9.17) is 4.99 Å². The Balaban J connectivity index is 0.00000363. The molecule has 32 heavy (non-hydrogen) atoms. The van der Waals surface area contributed by atoms with Crippen molar-refractivity contribution < 1.29 is 0 Å². The maximum Gasteiger partial charge on any atom is 0.191 e. The molecule has 2 N–H and O–H groups in total. The molecule has 0 aliphatic carbocycles. The standard InChI is InChI=1S/C22H34N8S.HI/c1-5-19(20-9-7-14-31-20)26-22(24-11-13-29-16-25-27-21(29)6-2)23-10-8-12-30-18(4)15-17(3)28-30;/h7,9,14-16,19H,5-6,8,10-13H2,1-4H3,(H2,23,24,26);1H. The molecule has 1 atom stereocenters. The molecule has 176 valence electrons. The SMILES string of the molecule is CCc1nncn1CCNC(=NCCCn1nc(C)cc1C)NC(CC)c1cccs1.I. The van der Waals surface area contributed by atoms with Crippen molar-refractivity contribution >= 4 is 41.3 Å². The summed E-state index contributed by atoms with van der Waals surface area (Å²) in [6.07, 6.45) is 4.61. The fourth-order valence-corrected chi connectivity index (χ4v) is 4.39. The summed E-state index contributed by atoms with van der Waals surface area (Å²) in [7, 11) is 0. The quantitative estimate of drug-likeness (QED) is 0.157. The van der Waals surface area contributed by atoms with Gasteiger partial charge in [-0.3, -0.25) is 9.67 Å². The molecule has 3 rings (SSSR count). The minimum Gasteiger partial charge on any atom is -0.355 e. The number of nitrogens with one attached hydrogen (secondary N) is 2. The van der Waals surface area contributed by atoms with Gasteiger partial charge < -0.3 is 15.2 Å². The van der Waals surface area contributed by atoms with E-state index < -0.39 is 0 Å². The molecular weight excluding hydrogens is 535 g/mol. The molecule has 1 unspecified atom stereocenters. The molecule has 0 bridgehead atoms. The summed E-state index contributed by atoms with van der Waals surface area (Å²) in [4.78, 5) is 6.18. The molecule has 0 saturated carbocycles. The van der Waals surface area contributed by atoms with Crippen LogP contribution in [0.25, 0.3) is 0 Å². The Morgan fingerprint density at radius 2 is 2.09 bits per heavy atom. The number of thiophene rings is 1. The van der Waals surface area contributed by atoms with E-state index in [1.807, 2.05) is 6.92 Å². The summed E-state index contributed by atoms with van der Waals surface area (Å²) >= 11 is 1.78. The molecule has 8 nitrogen and oxygen atoms in total. The highest BCUT2D eigenvalue weighted by Crippen LogP contribution is 2.21. The largest absolute Gasteiger partial charge is 0.355 e. The first kappa shape index (κ1) is 26.3. The number of aryl methyl sites for hydroxylation is 4. The lowest BCUT2D eigenvalue weighted by atomic mass is 10.2. The van der Waals surface area contributed by atoms with Crippen LogP contribution >= 0.6 is 35.3 Å². The molecule has 0 saturated heterocycles. The van der Waals surface area contributed by atoms with Crippen LogP contribution in [0, 0.1) is 13.8 Å². The van der Waals surface area contributed by atoms with E-state index in [2.05, 4.69) is 79.5 Å². The highest BCUT2D eigenvalue weighted by Gasteiger charge is 2.12. The number of aliphatic imine (C=N–C) groups is 1. The molecule has 0 aliphatic rings. The van der Waals surface area contributed by atoms with Gasteiger partial charge in [-0.05, 0) is 44.2 Å². The van der Waals surface area contributed by atoms with Crippen LogP contribution in [0.2, 0.25) is 0 Å². The minimum absolute atomic E-state index is 0. The van der Waals surface area contributed by atoms with E-state index in [0.717, 1.165) is 62.9 Å². The van der Waals surface area contributed by atoms with Crippen molar-refractivity contribution in [3.63, 3.8) is 0 Å². The van der Waals surface area contributed by atoms with Gasteiger partial charge in [0.25, 0.3) is 0 Å². The third-order valence-electron chi connectivity index (χ3n) is 5.16. The van der Waals surface area contributed by atoms with Crippen molar-refractivity contribution in [2.75, 3.05) is 13.1 Å². The van der Waals surface area contributed by atoms with Crippen molar-refractivity contribution in [3.8, 4) is 0 Å². The Morgan fingerprint density at radius 3 is 2.75 bits per heavy atom. The third-order valence-corrected chi connectivity index (χ3v) is 6.15. The lowest BCUT2D eigenvalue weighted by molar-refractivity contribution is 0.562. The second kappa shape index (κ2) is 13.6. The molecule has 0 aromatic carbocycles. The zero-order valence-corrected chi connectivity index (χ0v) is 22.6. The normalized spacial score (nSPS) is 12.4. The topological polar surface area (TPSA) is 85.0 Å². The molecule has 0 fully saturated rings. The summed E-state index contributed by atoms with van der Waals surface area (Å²) in [5.74, 6) is 1.85. The first-order chi connectivity index (χ1) is 15.1. The second-order valence-corrected chi connectivity index (χ2v) is 8.55. The predicted octanol–water partition coefficient (Wildman–Crippen LogP) is 4.11. The van der Waals surface area contributed by atoms with Crippen LogP contribution in [0.4, 0.5) is 0 Å². The summed E-state index contributed by atoms with van der Waals surface area (Å²) < 4.78 is 4.15. The van der Waals surface area contributed by atoms with Gasteiger partial charge >= 0.3 is 0 Å². The van der Waals surface area contributed by atoms with Crippen molar-refractivity contribution in [2.24, 2.45) is 4.99 Å². The van der Waals surface area contributed by atoms with Gasteiger partial charge in [-0.25, -0.2) is 0 Å². The molecule has 3 aromatic rings. The molecule has 10 heteroatoms. The monoisotopic (exact) mass is 570 g/mol. The number of hydrogen-bond donors (Lipinski definition) is 2. The Labute approximate surface area is 212 Å². The molecule has 3 aromatic heterocycles. The van der Waals surface area contributed by atoms with Crippen molar-refractivity contribution in [2.45, 2.75) is 66.1 Å². The predicted molar refractivity (Wildman–Crippen MR) is 142 cm³/mol. The number of guanidine groups is 1. The lowest BCUT2D eigenvalue weighted by Crippen LogP contribution is -2.41. The third kappa shape index (κ3) is 7.58. The van der Waals surface area contributed by atoms with Gasteiger partial charge in [0.2, 0.25) is 0 Å². The number of nitrogens with zero attached hydrogens (tertiary/aromatic N) is 6. The van der Waals surface area contributed by atoms with E-state index >= 15 is 0 Å². The van der Waals surface area contributed by atoms with E-state index in [1.54, 1.807) is 17.7 Å². The number of rotatable bonds is 11. The minimum atomic E-state index is 0. The Hall–Kier alpha value is -1.95.